The molecule has 1 aliphatic rings. The molecule has 1 aromatic heterocycles. The zero-order valence-corrected chi connectivity index (χ0v) is 13.4. The quantitative estimate of drug-likeness (QED) is 0.574. The highest BCUT2D eigenvalue weighted by atomic mass is 19.1. The van der Waals surface area contributed by atoms with Gasteiger partial charge in [0.05, 0.1) is 11.2 Å². The first kappa shape index (κ1) is 15.0. The van der Waals surface area contributed by atoms with E-state index in [1.165, 1.54) is 10.6 Å². The number of likely N-dealkylation sites (N-methyl/N-ethyl adjacent to an activating group) is 1. The van der Waals surface area contributed by atoms with Gasteiger partial charge in [-0.3, -0.25) is 9.36 Å². The molecule has 3 nitrogen and oxygen atoms in total. The molecule has 0 amide bonds. The van der Waals surface area contributed by atoms with Gasteiger partial charge in [-0.2, -0.15) is 0 Å². The van der Waals surface area contributed by atoms with Crippen LogP contribution < -0.4 is 0 Å². The van der Waals surface area contributed by atoms with Crippen molar-refractivity contribution in [1.29, 1.82) is 0 Å². The van der Waals surface area contributed by atoms with Crippen LogP contribution in [0, 0.1) is 11.6 Å². The fourth-order valence-corrected chi connectivity index (χ4v) is 3.48. The molecule has 0 saturated carbocycles. The molecule has 2 aromatic carbocycles. The standard InChI is InChI=1S/C19H16F2N2O/c1-22(2)8-7-14-17-15(21)9-11(20)10-16(17)23-18(14)12-5-3-4-6-13(12)19(23)24/h3-6,9-10H,7-8H2,1-2H3. The average molecular weight is 326 g/mol. The Labute approximate surface area is 138 Å². The van der Waals surface area contributed by atoms with Gasteiger partial charge in [-0.25, -0.2) is 8.78 Å². The lowest BCUT2D eigenvalue weighted by Crippen LogP contribution is -2.15. The summed E-state index contributed by atoms with van der Waals surface area (Å²) in [5.41, 5.74) is 3.11. The molecule has 0 N–H and O–H groups in total. The van der Waals surface area contributed by atoms with Gasteiger partial charge < -0.3 is 4.90 Å². The highest BCUT2D eigenvalue weighted by Gasteiger charge is 2.33. The summed E-state index contributed by atoms with van der Waals surface area (Å²) < 4.78 is 29.7. The van der Waals surface area contributed by atoms with Gasteiger partial charge in [0, 0.05) is 29.1 Å². The fraction of sp³-hybridized carbons (Fsp3) is 0.211. The van der Waals surface area contributed by atoms with Gasteiger partial charge >= 0.3 is 0 Å². The highest BCUT2D eigenvalue weighted by molar-refractivity contribution is 6.16. The summed E-state index contributed by atoms with van der Waals surface area (Å²) in [5.74, 6) is -1.53. The van der Waals surface area contributed by atoms with E-state index >= 15 is 0 Å². The van der Waals surface area contributed by atoms with Crippen molar-refractivity contribution in [3.05, 3.63) is 59.2 Å². The number of hydrogen-bond acceptors (Lipinski definition) is 2. The van der Waals surface area contributed by atoms with Crippen LogP contribution in [0.15, 0.2) is 36.4 Å². The number of carbonyl (C=O) groups is 1. The van der Waals surface area contributed by atoms with Crippen molar-refractivity contribution < 1.29 is 13.6 Å². The van der Waals surface area contributed by atoms with Crippen molar-refractivity contribution in [1.82, 2.24) is 9.47 Å². The highest BCUT2D eigenvalue weighted by Crippen LogP contribution is 2.42. The summed E-state index contributed by atoms with van der Waals surface area (Å²) in [7, 11) is 3.88. The molecule has 0 unspecified atom stereocenters. The van der Waals surface area contributed by atoms with Crippen LogP contribution in [0.3, 0.4) is 0 Å². The van der Waals surface area contributed by atoms with Crippen LogP contribution in [-0.4, -0.2) is 36.0 Å². The van der Waals surface area contributed by atoms with E-state index in [9.17, 15) is 13.6 Å². The van der Waals surface area contributed by atoms with Crippen LogP contribution in [0.1, 0.15) is 15.9 Å². The van der Waals surface area contributed by atoms with Crippen molar-refractivity contribution in [2.24, 2.45) is 0 Å². The molecule has 0 bridgehead atoms. The third-order valence-electron chi connectivity index (χ3n) is 4.51. The largest absolute Gasteiger partial charge is 0.309 e. The summed E-state index contributed by atoms with van der Waals surface area (Å²) in [5, 5.41) is 0.344. The zero-order valence-electron chi connectivity index (χ0n) is 13.4. The first-order chi connectivity index (χ1) is 11.5. The summed E-state index contributed by atoms with van der Waals surface area (Å²) in [6.07, 6.45) is 0.579. The molecule has 0 saturated heterocycles. The monoisotopic (exact) mass is 326 g/mol. The van der Waals surface area contributed by atoms with E-state index in [1.807, 2.05) is 31.1 Å². The minimum atomic E-state index is -0.678. The molecule has 1 aliphatic heterocycles. The Hall–Kier alpha value is -2.53. The summed E-state index contributed by atoms with van der Waals surface area (Å²) in [4.78, 5) is 14.8. The number of fused-ring (bicyclic) bond motifs is 5. The maximum absolute atomic E-state index is 14.5. The van der Waals surface area contributed by atoms with Gasteiger partial charge in [-0.15, -0.1) is 0 Å². The second-order valence-electron chi connectivity index (χ2n) is 6.35. The van der Waals surface area contributed by atoms with E-state index in [0.717, 1.165) is 17.2 Å². The molecular formula is C19H16F2N2O. The fourth-order valence-electron chi connectivity index (χ4n) is 3.48. The van der Waals surface area contributed by atoms with Crippen molar-refractivity contribution in [2.45, 2.75) is 6.42 Å². The Balaban J connectivity index is 2.09. The lowest BCUT2D eigenvalue weighted by Gasteiger charge is -2.10. The van der Waals surface area contributed by atoms with Gasteiger partial charge in [0.2, 0.25) is 0 Å². The van der Waals surface area contributed by atoms with Crippen LogP contribution >= 0.6 is 0 Å². The summed E-state index contributed by atoms with van der Waals surface area (Å²) in [6.45, 7) is 0.708. The molecule has 0 aliphatic carbocycles. The predicted octanol–water partition coefficient (Wildman–Crippen LogP) is 3.69. The lowest BCUT2D eigenvalue weighted by atomic mass is 9.99. The van der Waals surface area contributed by atoms with Gasteiger partial charge in [-0.05, 0) is 38.2 Å². The number of hydrogen-bond donors (Lipinski definition) is 0. The van der Waals surface area contributed by atoms with Crippen LogP contribution in [-0.2, 0) is 6.42 Å². The van der Waals surface area contributed by atoms with Gasteiger partial charge in [0.15, 0.2) is 0 Å². The van der Waals surface area contributed by atoms with Crippen LogP contribution in [0.5, 0.6) is 0 Å². The minimum Gasteiger partial charge on any atom is -0.309 e. The zero-order chi connectivity index (χ0) is 17.0. The van der Waals surface area contributed by atoms with Crippen LogP contribution in [0.25, 0.3) is 22.2 Å². The van der Waals surface area contributed by atoms with E-state index in [2.05, 4.69) is 0 Å². The summed E-state index contributed by atoms with van der Waals surface area (Å²) in [6, 6.07) is 9.39. The second kappa shape index (κ2) is 5.24. The Morgan fingerprint density at radius 2 is 1.79 bits per heavy atom. The molecule has 122 valence electrons. The van der Waals surface area contributed by atoms with Crippen LogP contribution in [0.4, 0.5) is 8.78 Å². The van der Waals surface area contributed by atoms with E-state index in [-0.39, 0.29) is 5.91 Å². The first-order valence-corrected chi connectivity index (χ1v) is 7.80. The predicted molar refractivity (Wildman–Crippen MR) is 89.3 cm³/mol. The topological polar surface area (TPSA) is 25.2 Å². The normalized spacial score (nSPS) is 13.0. The molecule has 4 rings (SSSR count). The SMILES string of the molecule is CN(C)CCc1c2n(c3cc(F)cc(F)c13)C(=O)c1ccccc1-2. The van der Waals surface area contributed by atoms with Crippen molar-refractivity contribution in [3.63, 3.8) is 0 Å². The minimum absolute atomic E-state index is 0.230. The van der Waals surface area contributed by atoms with Gasteiger partial charge in [0.25, 0.3) is 5.91 Å². The smallest absolute Gasteiger partial charge is 0.263 e. The number of rotatable bonds is 3. The molecular weight excluding hydrogens is 310 g/mol. The average Bonchev–Trinajstić information content (AvgIpc) is 3.00. The van der Waals surface area contributed by atoms with E-state index < -0.39 is 11.6 Å². The molecule has 0 atom stereocenters. The maximum Gasteiger partial charge on any atom is 0.263 e. The van der Waals surface area contributed by atoms with Crippen LogP contribution in [0.2, 0.25) is 0 Å². The molecule has 3 aromatic rings. The Morgan fingerprint density at radius 1 is 1.08 bits per heavy atom. The molecule has 2 heterocycles. The number of halogens is 2. The third kappa shape index (κ3) is 2.01. The molecule has 5 heteroatoms. The lowest BCUT2D eigenvalue weighted by molar-refractivity contribution is 0.0973. The van der Waals surface area contributed by atoms with Crippen molar-refractivity contribution in [3.8, 4) is 11.3 Å². The molecule has 24 heavy (non-hydrogen) atoms. The molecule has 0 spiro atoms. The van der Waals surface area contributed by atoms with Gasteiger partial charge in [-0.1, -0.05) is 18.2 Å². The molecule has 0 fully saturated rings. The van der Waals surface area contributed by atoms with E-state index in [0.29, 0.717) is 35.1 Å². The Bertz CT molecular complexity index is 989. The third-order valence-corrected chi connectivity index (χ3v) is 4.51. The second-order valence-corrected chi connectivity index (χ2v) is 6.35. The Morgan fingerprint density at radius 3 is 2.50 bits per heavy atom. The van der Waals surface area contributed by atoms with Crippen molar-refractivity contribution >= 4 is 16.8 Å². The van der Waals surface area contributed by atoms with Crippen molar-refractivity contribution in [2.75, 3.05) is 20.6 Å². The molecule has 0 radical (unpaired) electrons. The number of aromatic nitrogens is 1. The van der Waals surface area contributed by atoms with E-state index in [4.69, 9.17) is 0 Å². The number of nitrogens with zero attached hydrogens (tertiary/aromatic N) is 2. The maximum atomic E-state index is 14.5. The Kier molecular flexibility index (Phi) is 3.28. The number of carbonyl (C=O) groups excluding carboxylic acids is 1. The first-order valence-electron chi connectivity index (χ1n) is 7.80. The number of benzene rings is 2. The summed E-state index contributed by atoms with van der Waals surface area (Å²) >= 11 is 0. The van der Waals surface area contributed by atoms with Gasteiger partial charge in [0.1, 0.15) is 11.6 Å². The van der Waals surface area contributed by atoms with E-state index in [1.54, 1.807) is 12.1 Å².